The molecule has 0 saturated carbocycles. The Kier molecular flexibility index (Phi) is 6.14. The van der Waals surface area contributed by atoms with Crippen molar-refractivity contribution in [1.29, 1.82) is 0 Å². The molecule has 0 fully saturated rings. The van der Waals surface area contributed by atoms with Crippen molar-refractivity contribution < 1.29 is 9.21 Å². The first-order valence-corrected chi connectivity index (χ1v) is 11.6. The molecule has 7 heteroatoms. The van der Waals surface area contributed by atoms with E-state index in [1.807, 2.05) is 24.3 Å². The summed E-state index contributed by atoms with van der Waals surface area (Å²) in [6.07, 6.45) is 0. The van der Waals surface area contributed by atoms with Crippen molar-refractivity contribution in [2.24, 2.45) is 0 Å². The molecule has 0 bridgehead atoms. The largest absolute Gasteiger partial charge is 0.450 e. The summed E-state index contributed by atoms with van der Waals surface area (Å²) >= 11 is 6.89. The number of hydrogen-bond donors (Lipinski definition) is 0. The molecule has 1 amide bonds. The number of hydrogen-bond acceptors (Lipinski definition) is 4. The molecule has 1 atom stereocenters. The Morgan fingerprint density at radius 1 is 1.00 bits per heavy atom. The van der Waals surface area contributed by atoms with Crippen molar-refractivity contribution in [3.05, 3.63) is 78.5 Å². The van der Waals surface area contributed by atoms with Gasteiger partial charge in [-0.05, 0) is 49.0 Å². The highest BCUT2D eigenvalue weighted by molar-refractivity contribution is 9.10. The highest BCUT2D eigenvalue weighted by atomic mass is 79.9. The summed E-state index contributed by atoms with van der Waals surface area (Å²) in [6, 6.07) is 12.6. The lowest BCUT2D eigenvalue weighted by Gasteiger charge is -2.28. The van der Waals surface area contributed by atoms with Gasteiger partial charge in [0.25, 0.3) is 5.91 Å². The molecule has 2 aromatic carbocycles. The summed E-state index contributed by atoms with van der Waals surface area (Å²) in [5, 5.41) is 0.476. The molecule has 156 valence electrons. The summed E-state index contributed by atoms with van der Waals surface area (Å²) in [5.41, 5.74) is 1.59. The maximum atomic E-state index is 13.5. The van der Waals surface area contributed by atoms with Crippen LogP contribution in [-0.2, 0) is 0 Å². The second-order valence-electron chi connectivity index (χ2n) is 7.29. The third-order valence-electron chi connectivity index (χ3n) is 5.67. The van der Waals surface area contributed by atoms with Crippen LogP contribution in [-0.4, -0.2) is 41.9 Å². The maximum Gasteiger partial charge on any atom is 0.290 e. The molecule has 0 N–H and O–H groups in total. The van der Waals surface area contributed by atoms with E-state index in [1.54, 1.807) is 23.1 Å². The fourth-order valence-corrected chi connectivity index (χ4v) is 4.63. The molecule has 5 nitrogen and oxygen atoms in total. The average molecular weight is 534 g/mol. The Labute approximate surface area is 191 Å². The van der Waals surface area contributed by atoms with Gasteiger partial charge in [-0.3, -0.25) is 9.59 Å². The SMILES string of the molecule is CCN(CC)CCN1C(=O)c2oc3ccc(Br)cc3c(=O)c2C1c1ccc(Br)cc1. The minimum atomic E-state index is -0.462. The van der Waals surface area contributed by atoms with Crippen LogP contribution >= 0.6 is 31.9 Å². The number of amides is 1. The molecule has 1 unspecified atom stereocenters. The predicted octanol–water partition coefficient (Wildman–Crippen LogP) is 5.21. The fourth-order valence-electron chi connectivity index (χ4n) is 4.00. The van der Waals surface area contributed by atoms with Gasteiger partial charge in [-0.25, -0.2) is 0 Å². The third kappa shape index (κ3) is 3.74. The zero-order chi connectivity index (χ0) is 21.4. The molecule has 30 heavy (non-hydrogen) atoms. The van der Waals surface area contributed by atoms with Gasteiger partial charge in [-0.2, -0.15) is 0 Å². The smallest absolute Gasteiger partial charge is 0.290 e. The van der Waals surface area contributed by atoms with E-state index in [2.05, 4.69) is 50.6 Å². The molecule has 0 aliphatic carbocycles. The van der Waals surface area contributed by atoms with Crippen molar-refractivity contribution in [1.82, 2.24) is 9.80 Å². The lowest BCUT2D eigenvalue weighted by molar-refractivity contribution is 0.0708. The van der Waals surface area contributed by atoms with Gasteiger partial charge in [0.2, 0.25) is 5.76 Å². The molecule has 1 aromatic heterocycles. The van der Waals surface area contributed by atoms with Crippen LogP contribution in [0.4, 0.5) is 0 Å². The van der Waals surface area contributed by atoms with Crippen LogP contribution in [0.25, 0.3) is 11.0 Å². The van der Waals surface area contributed by atoms with Crippen molar-refractivity contribution in [2.45, 2.75) is 19.9 Å². The third-order valence-corrected chi connectivity index (χ3v) is 6.69. The highest BCUT2D eigenvalue weighted by Crippen LogP contribution is 2.38. The van der Waals surface area contributed by atoms with Crippen molar-refractivity contribution in [3.63, 3.8) is 0 Å². The number of halogens is 2. The zero-order valence-electron chi connectivity index (χ0n) is 16.8. The number of likely N-dealkylation sites (N-methyl/N-ethyl adjacent to an activating group) is 1. The van der Waals surface area contributed by atoms with E-state index >= 15 is 0 Å². The van der Waals surface area contributed by atoms with Gasteiger partial charge >= 0.3 is 0 Å². The Bertz CT molecular complexity index is 1150. The van der Waals surface area contributed by atoms with Crippen LogP contribution in [0.5, 0.6) is 0 Å². The van der Waals surface area contributed by atoms with E-state index in [-0.39, 0.29) is 17.1 Å². The molecule has 1 aliphatic heterocycles. The number of benzene rings is 2. The number of fused-ring (bicyclic) bond motifs is 2. The maximum absolute atomic E-state index is 13.5. The van der Waals surface area contributed by atoms with Crippen LogP contribution < -0.4 is 5.43 Å². The number of rotatable bonds is 6. The average Bonchev–Trinajstić information content (AvgIpc) is 3.02. The van der Waals surface area contributed by atoms with Crippen LogP contribution in [0, 0.1) is 0 Å². The van der Waals surface area contributed by atoms with Crippen LogP contribution in [0.1, 0.15) is 41.6 Å². The van der Waals surface area contributed by atoms with Gasteiger partial charge in [-0.15, -0.1) is 0 Å². The highest BCUT2D eigenvalue weighted by Gasteiger charge is 2.42. The Balaban J connectivity index is 1.87. The standard InChI is InChI=1S/C23H22Br2N2O3/c1-3-26(4-2)11-12-27-20(14-5-7-15(24)8-6-14)19-21(28)17-13-16(25)9-10-18(17)30-22(19)23(27)29/h5-10,13,20H,3-4,11-12H2,1-2H3. The molecule has 0 radical (unpaired) electrons. The summed E-state index contributed by atoms with van der Waals surface area (Å²) in [7, 11) is 0. The van der Waals surface area contributed by atoms with Gasteiger partial charge < -0.3 is 14.2 Å². The Hall–Kier alpha value is -1.96. The minimum Gasteiger partial charge on any atom is -0.450 e. The minimum absolute atomic E-state index is 0.154. The second kappa shape index (κ2) is 8.65. The predicted molar refractivity (Wildman–Crippen MR) is 125 cm³/mol. The van der Waals surface area contributed by atoms with E-state index in [0.29, 0.717) is 23.1 Å². The second-order valence-corrected chi connectivity index (χ2v) is 9.13. The van der Waals surface area contributed by atoms with E-state index in [9.17, 15) is 9.59 Å². The zero-order valence-corrected chi connectivity index (χ0v) is 20.0. The molecule has 1 aliphatic rings. The van der Waals surface area contributed by atoms with E-state index in [4.69, 9.17) is 4.42 Å². The first kappa shape index (κ1) is 21.3. The fraction of sp³-hybridized carbons (Fsp3) is 0.304. The van der Waals surface area contributed by atoms with Gasteiger partial charge in [0.05, 0.1) is 17.0 Å². The Morgan fingerprint density at radius 3 is 2.33 bits per heavy atom. The summed E-state index contributed by atoms with van der Waals surface area (Å²) in [6.45, 7) is 7.27. The van der Waals surface area contributed by atoms with Gasteiger partial charge in [-0.1, -0.05) is 57.8 Å². The molecule has 4 rings (SSSR count). The summed E-state index contributed by atoms with van der Waals surface area (Å²) < 4.78 is 7.72. The summed E-state index contributed by atoms with van der Waals surface area (Å²) in [4.78, 5) is 30.9. The Morgan fingerprint density at radius 2 is 1.67 bits per heavy atom. The first-order chi connectivity index (χ1) is 14.4. The lowest BCUT2D eigenvalue weighted by Crippen LogP contribution is -2.37. The van der Waals surface area contributed by atoms with E-state index in [1.165, 1.54) is 0 Å². The van der Waals surface area contributed by atoms with Gasteiger partial charge in [0.1, 0.15) is 5.58 Å². The molecular formula is C23H22Br2N2O3. The number of nitrogens with zero attached hydrogens (tertiary/aromatic N) is 2. The molecule has 0 saturated heterocycles. The monoisotopic (exact) mass is 532 g/mol. The topological polar surface area (TPSA) is 53.8 Å². The first-order valence-electron chi connectivity index (χ1n) is 9.99. The number of carbonyl (C=O) groups is 1. The summed E-state index contributed by atoms with van der Waals surface area (Å²) in [5.74, 6) is -0.0747. The molecule has 3 aromatic rings. The van der Waals surface area contributed by atoms with E-state index < -0.39 is 6.04 Å². The quantitative estimate of drug-likeness (QED) is 0.436. The van der Waals surface area contributed by atoms with E-state index in [0.717, 1.165) is 34.1 Å². The molecule has 0 spiro atoms. The molecule has 2 heterocycles. The van der Waals surface area contributed by atoms with Crippen molar-refractivity contribution in [3.8, 4) is 0 Å². The lowest BCUT2D eigenvalue weighted by atomic mass is 9.98. The van der Waals surface area contributed by atoms with Crippen molar-refractivity contribution in [2.75, 3.05) is 26.2 Å². The van der Waals surface area contributed by atoms with Crippen LogP contribution in [0.2, 0.25) is 0 Å². The normalized spacial score (nSPS) is 16.0. The van der Waals surface area contributed by atoms with Crippen LogP contribution in [0.15, 0.2) is 60.6 Å². The van der Waals surface area contributed by atoms with Gasteiger partial charge in [0.15, 0.2) is 5.43 Å². The van der Waals surface area contributed by atoms with Crippen LogP contribution in [0.3, 0.4) is 0 Å². The van der Waals surface area contributed by atoms with Crippen molar-refractivity contribution >= 4 is 48.7 Å². The molecular weight excluding hydrogens is 512 g/mol. The van der Waals surface area contributed by atoms with Gasteiger partial charge in [0, 0.05) is 22.0 Å². The number of carbonyl (C=O) groups excluding carboxylic acids is 1.